The van der Waals surface area contributed by atoms with Crippen molar-refractivity contribution in [2.75, 3.05) is 26.1 Å². The third-order valence-corrected chi connectivity index (χ3v) is 4.88. The van der Waals surface area contributed by atoms with E-state index in [1.165, 1.54) is 7.11 Å². The molecule has 7 heteroatoms. The van der Waals surface area contributed by atoms with Crippen molar-refractivity contribution in [2.45, 2.75) is 25.4 Å². The minimum Gasteiger partial charge on any atom is -0.493 e. The monoisotopic (exact) mass is 383 g/mol. The lowest BCUT2D eigenvalue weighted by Crippen LogP contribution is -2.40. The Labute approximate surface area is 164 Å². The van der Waals surface area contributed by atoms with Crippen LogP contribution in [0.5, 0.6) is 11.5 Å². The zero-order valence-electron chi connectivity index (χ0n) is 16.3. The number of benzene rings is 2. The molecule has 0 radical (unpaired) electrons. The van der Waals surface area contributed by atoms with Gasteiger partial charge in [0.1, 0.15) is 0 Å². The maximum absolute atomic E-state index is 12.4. The van der Waals surface area contributed by atoms with E-state index in [-0.39, 0.29) is 30.4 Å². The van der Waals surface area contributed by atoms with E-state index in [9.17, 15) is 9.59 Å². The maximum atomic E-state index is 12.4. The smallest absolute Gasteiger partial charge is 0.319 e. The van der Waals surface area contributed by atoms with E-state index in [4.69, 9.17) is 9.47 Å². The summed E-state index contributed by atoms with van der Waals surface area (Å²) in [6, 6.07) is 14.4. The topological polar surface area (TPSA) is 79.9 Å². The summed E-state index contributed by atoms with van der Waals surface area (Å²) in [6.45, 7) is 2.48. The number of anilines is 1. The first-order chi connectivity index (χ1) is 13.5. The molecule has 3 amide bonds. The van der Waals surface area contributed by atoms with Gasteiger partial charge < -0.3 is 25.0 Å². The van der Waals surface area contributed by atoms with Gasteiger partial charge in [0.15, 0.2) is 11.5 Å². The van der Waals surface area contributed by atoms with Gasteiger partial charge in [0, 0.05) is 24.7 Å². The van der Waals surface area contributed by atoms with Crippen molar-refractivity contribution in [2.24, 2.45) is 0 Å². The number of carbonyl (C=O) groups is 2. The Morgan fingerprint density at radius 2 is 1.82 bits per heavy atom. The van der Waals surface area contributed by atoms with E-state index in [1.54, 1.807) is 30.2 Å². The zero-order chi connectivity index (χ0) is 20.1. The lowest BCUT2D eigenvalue weighted by atomic mass is 10.1. The zero-order valence-corrected chi connectivity index (χ0v) is 16.3. The highest BCUT2D eigenvalue weighted by atomic mass is 16.5. The highest BCUT2D eigenvalue weighted by Crippen LogP contribution is 2.30. The fourth-order valence-corrected chi connectivity index (χ4v) is 3.38. The number of amides is 3. The van der Waals surface area contributed by atoms with Crippen molar-refractivity contribution in [1.29, 1.82) is 0 Å². The number of nitrogens with zero attached hydrogens (tertiary/aromatic N) is 1. The molecule has 0 aromatic heterocycles. The van der Waals surface area contributed by atoms with Crippen LogP contribution in [-0.4, -0.2) is 43.6 Å². The fraction of sp³-hybridized carbons (Fsp3) is 0.333. The van der Waals surface area contributed by atoms with Crippen molar-refractivity contribution < 1.29 is 19.1 Å². The Kier molecular flexibility index (Phi) is 6.03. The lowest BCUT2D eigenvalue weighted by molar-refractivity contribution is -0.129. The van der Waals surface area contributed by atoms with E-state index in [2.05, 4.69) is 10.6 Å². The summed E-state index contributed by atoms with van der Waals surface area (Å²) < 4.78 is 10.4. The van der Waals surface area contributed by atoms with Gasteiger partial charge in [-0.15, -0.1) is 0 Å². The third kappa shape index (κ3) is 4.36. The van der Waals surface area contributed by atoms with Gasteiger partial charge in [-0.3, -0.25) is 4.79 Å². The van der Waals surface area contributed by atoms with E-state index >= 15 is 0 Å². The molecule has 1 heterocycles. The minimum absolute atomic E-state index is 0.0330. The highest BCUT2D eigenvalue weighted by Gasteiger charge is 2.33. The van der Waals surface area contributed by atoms with Gasteiger partial charge in [0.25, 0.3) is 0 Å². The molecule has 0 bridgehead atoms. The van der Waals surface area contributed by atoms with Gasteiger partial charge in [0.05, 0.1) is 26.3 Å². The maximum Gasteiger partial charge on any atom is 0.319 e. The minimum atomic E-state index is -0.362. The predicted octanol–water partition coefficient (Wildman–Crippen LogP) is 3.19. The number of hydrogen-bond donors (Lipinski definition) is 2. The van der Waals surface area contributed by atoms with Crippen LogP contribution < -0.4 is 20.1 Å². The van der Waals surface area contributed by atoms with E-state index in [0.29, 0.717) is 23.7 Å². The number of urea groups is 1. The van der Waals surface area contributed by atoms with Crippen LogP contribution in [0.4, 0.5) is 10.5 Å². The standard InChI is InChI=1S/C21H25N3O4/c1-14(15-7-5-4-6-8-15)24-13-17(12-20(24)25)23-21(26)22-16-9-10-18(27-2)19(11-16)28-3/h4-11,14,17H,12-13H2,1-3H3,(H2,22,23,26). The second-order valence-corrected chi connectivity index (χ2v) is 6.70. The van der Waals surface area contributed by atoms with Crippen LogP contribution in [-0.2, 0) is 4.79 Å². The van der Waals surface area contributed by atoms with Crippen molar-refractivity contribution in [3.63, 3.8) is 0 Å². The summed E-state index contributed by atoms with van der Waals surface area (Å²) >= 11 is 0. The SMILES string of the molecule is COc1ccc(NC(=O)NC2CC(=O)N(C(C)c3ccccc3)C2)cc1OC. The van der Waals surface area contributed by atoms with Gasteiger partial charge >= 0.3 is 6.03 Å². The van der Waals surface area contributed by atoms with Crippen molar-refractivity contribution in [3.05, 3.63) is 54.1 Å². The molecule has 1 saturated heterocycles. The predicted molar refractivity (Wildman–Crippen MR) is 107 cm³/mol. The van der Waals surface area contributed by atoms with Crippen LogP contribution in [0.25, 0.3) is 0 Å². The third-order valence-electron chi connectivity index (χ3n) is 4.88. The molecular formula is C21H25N3O4. The molecular weight excluding hydrogens is 358 g/mol. The Bertz CT molecular complexity index is 841. The first-order valence-corrected chi connectivity index (χ1v) is 9.15. The molecule has 1 aliphatic rings. The summed E-state index contributed by atoms with van der Waals surface area (Å²) in [4.78, 5) is 26.6. The van der Waals surface area contributed by atoms with Gasteiger partial charge in [-0.1, -0.05) is 30.3 Å². The lowest BCUT2D eigenvalue weighted by Gasteiger charge is -2.25. The molecule has 0 saturated carbocycles. The largest absolute Gasteiger partial charge is 0.493 e. The van der Waals surface area contributed by atoms with Crippen molar-refractivity contribution in [3.8, 4) is 11.5 Å². The number of hydrogen-bond acceptors (Lipinski definition) is 4. The summed E-state index contributed by atoms with van der Waals surface area (Å²) in [5.41, 5.74) is 1.65. The number of rotatable bonds is 6. The Hall–Kier alpha value is -3.22. The van der Waals surface area contributed by atoms with Crippen LogP contribution in [0.1, 0.15) is 24.9 Å². The van der Waals surface area contributed by atoms with Gasteiger partial charge in [-0.25, -0.2) is 4.79 Å². The molecule has 1 fully saturated rings. The normalized spacial score (nSPS) is 17.2. The second kappa shape index (κ2) is 8.65. The summed E-state index contributed by atoms with van der Waals surface area (Å²) in [5, 5.41) is 5.65. The summed E-state index contributed by atoms with van der Waals surface area (Å²) in [7, 11) is 3.09. The van der Waals surface area contributed by atoms with E-state index in [0.717, 1.165) is 5.56 Å². The molecule has 2 aromatic rings. The number of ether oxygens (including phenoxy) is 2. The van der Waals surface area contributed by atoms with Gasteiger partial charge in [-0.2, -0.15) is 0 Å². The number of nitrogens with one attached hydrogen (secondary N) is 2. The van der Waals surface area contributed by atoms with Gasteiger partial charge in [-0.05, 0) is 24.6 Å². The Morgan fingerprint density at radius 1 is 1.11 bits per heavy atom. The Morgan fingerprint density at radius 3 is 2.50 bits per heavy atom. The second-order valence-electron chi connectivity index (χ2n) is 6.70. The number of methoxy groups -OCH3 is 2. The number of likely N-dealkylation sites (tertiary alicyclic amines) is 1. The molecule has 2 N–H and O–H groups in total. The molecule has 2 atom stereocenters. The van der Waals surface area contributed by atoms with Crippen LogP contribution >= 0.6 is 0 Å². The van der Waals surface area contributed by atoms with E-state index in [1.807, 2.05) is 37.3 Å². The molecule has 1 aliphatic heterocycles. The van der Waals surface area contributed by atoms with Crippen LogP contribution in [0.3, 0.4) is 0 Å². The van der Waals surface area contributed by atoms with Crippen LogP contribution in [0.2, 0.25) is 0 Å². The first-order valence-electron chi connectivity index (χ1n) is 9.15. The van der Waals surface area contributed by atoms with Crippen molar-refractivity contribution >= 4 is 17.6 Å². The van der Waals surface area contributed by atoms with Crippen LogP contribution in [0.15, 0.2) is 48.5 Å². The molecule has 2 unspecified atom stereocenters. The first kappa shape index (κ1) is 19.5. The Balaban J connectivity index is 1.59. The molecule has 2 aromatic carbocycles. The fourth-order valence-electron chi connectivity index (χ4n) is 3.38. The van der Waals surface area contributed by atoms with E-state index < -0.39 is 0 Å². The average molecular weight is 383 g/mol. The average Bonchev–Trinajstić information content (AvgIpc) is 3.07. The molecule has 0 aliphatic carbocycles. The molecule has 0 spiro atoms. The molecule has 148 valence electrons. The molecule has 3 rings (SSSR count). The number of carbonyl (C=O) groups excluding carboxylic acids is 2. The molecule has 7 nitrogen and oxygen atoms in total. The van der Waals surface area contributed by atoms with Gasteiger partial charge in [0.2, 0.25) is 5.91 Å². The van der Waals surface area contributed by atoms with Crippen LogP contribution in [0, 0.1) is 0 Å². The summed E-state index contributed by atoms with van der Waals surface area (Å²) in [5.74, 6) is 1.15. The molecule has 28 heavy (non-hydrogen) atoms. The highest BCUT2D eigenvalue weighted by molar-refractivity contribution is 5.91. The van der Waals surface area contributed by atoms with Crippen molar-refractivity contribution in [1.82, 2.24) is 10.2 Å². The summed E-state index contributed by atoms with van der Waals surface area (Å²) in [6.07, 6.45) is 0.288. The quantitative estimate of drug-likeness (QED) is 0.803.